The maximum atomic E-state index is 12.0. The van der Waals surface area contributed by atoms with Gasteiger partial charge in [0, 0.05) is 11.3 Å². The summed E-state index contributed by atoms with van der Waals surface area (Å²) in [4.78, 5) is 11.5. The molecule has 5 nitrogen and oxygen atoms in total. The van der Waals surface area contributed by atoms with Crippen LogP contribution in [0.3, 0.4) is 0 Å². The van der Waals surface area contributed by atoms with Gasteiger partial charge in [-0.05, 0) is 49.4 Å². The van der Waals surface area contributed by atoms with Gasteiger partial charge in [-0.2, -0.15) is 0 Å². The number of aliphatic hydroxyl groups is 2. The van der Waals surface area contributed by atoms with Gasteiger partial charge in [0.1, 0.15) is 6.10 Å². The van der Waals surface area contributed by atoms with E-state index in [-0.39, 0.29) is 23.4 Å². The summed E-state index contributed by atoms with van der Waals surface area (Å²) in [6.45, 7) is 12.7. The molecule has 4 N–H and O–H groups in total. The number of aliphatic hydroxyl groups excluding tert-OH is 1. The first-order chi connectivity index (χ1) is 11.9. The number of carbonyl (C=O) groups excluding carboxylic acids is 1. The van der Waals surface area contributed by atoms with Gasteiger partial charge < -0.3 is 20.7 Å². The number of primary amides is 1. The maximum absolute atomic E-state index is 12.0. The van der Waals surface area contributed by atoms with Crippen molar-refractivity contribution in [1.82, 2.24) is 0 Å². The van der Waals surface area contributed by atoms with Crippen LogP contribution < -0.4 is 5.73 Å². The van der Waals surface area contributed by atoms with Gasteiger partial charge in [0.05, 0.1) is 11.7 Å². The Morgan fingerprint density at radius 3 is 2.50 bits per heavy atom. The highest BCUT2D eigenvalue weighted by Crippen LogP contribution is 2.64. The molecule has 0 unspecified atom stereocenters. The molecule has 2 saturated carbocycles. The van der Waals surface area contributed by atoms with Crippen molar-refractivity contribution in [3.05, 3.63) is 0 Å². The largest absolute Gasteiger partial charge is 0.446 e. The fourth-order valence-electron chi connectivity index (χ4n) is 6.09. The molecule has 2 fully saturated rings. The molecule has 5 heteroatoms. The number of hydrogen-bond acceptors (Lipinski definition) is 4. The molecule has 0 aromatic rings. The minimum absolute atomic E-state index is 0.0827. The van der Waals surface area contributed by atoms with E-state index >= 15 is 0 Å². The third kappa shape index (κ3) is 3.37. The summed E-state index contributed by atoms with van der Waals surface area (Å²) in [5.74, 6) is 0.312. The summed E-state index contributed by atoms with van der Waals surface area (Å²) in [6.07, 6.45) is 2.96. The van der Waals surface area contributed by atoms with Crippen LogP contribution in [0.2, 0.25) is 0 Å². The first-order valence-electron chi connectivity index (χ1n) is 10.3. The lowest BCUT2D eigenvalue weighted by Crippen LogP contribution is -2.71. The summed E-state index contributed by atoms with van der Waals surface area (Å²) in [5, 5.41) is 23.1. The van der Waals surface area contributed by atoms with Crippen LogP contribution >= 0.6 is 0 Å². The van der Waals surface area contributed by atoms with Crippen molar-refractivity contribution in [2.45, 2.75) is 97.9 Å². The van der Waals surface area contributed by atoms with Gasteiger partial charge in [0.25, 0.3) is 0 Å². The Morgan fingerprint density at radius 1 is 1.35 bits per heavy atom. The van der Waals surface area contributed by atoms with E-state index in [1.165, 1.54) is 0 Å². The highest BCUT2D eigenvalue weighted by Gasteiger charge is 2.68. The lowest BCUT2D eigenvalue weighted by Gasteiger charge is -2.66. The summed E-state index contributed by atoms with van der Waals surface area (Å²) in [6, 6.07) is 0. The second-order valence-corrected chi connectivity index (χ2v) is 9.89. The summed E-state index contributed by atoms with van der Waals surface area (Å²) in [5.41, 5.74) is 3.47. The number of ether oxygens (including phenoxy) is 1. The fourth-order valence-corrected chi connectivity index (χ4v) is 6.09. The molecule has 0 bridgehead atoms. The smallest absolute Gasteiger partial charge is 0.404 e. The molecule has 0 aromatic carbocycles. The van der Waals surface area contributed by atoms with E-state index in [1.54, 1.807) is 0 Å². The Bertz CT molecular complexity index is 522. The molecular weight excluding hydrogens is 330 g/mol. The van der Waals surface area contributed by atoms with E-state index < -0.39 is 23.2 Å². The molecule has 7 atom stereocenters. The zero-order valence-electron chi connectivity index (χ0n) is 17.4. The van der Waals surface area contributed by atoms with Gasteiger partial charge in [-0.25, -0.2) is 4.79 Å². The zero-order chi connectivity index (χ0) is 19.9. The van der Waals surface area contributed by atoms with E-state index in [0.717, 1.165) is 19.3 Å². The quantitative estimate of drug-likeness (QED) is 0.686. The molecule has 2 rings (SSSR count). The Morgan fingerprint density at radius 2 is 1.96 bits per heavy atom. The first kappa shape index (κ1) is 21.5. The average molecular weight is 370 g/mol. The van der Waals surface area contributed by atoms with E-state index in [2.05, 4.69) is 27.7 Å². The van der Waals surface area contributed by atoms with Crippen LogP contribution in [0.25, 0.3) is 0 Å². The lowest BCUT2D eigenvalue weighted by molar-refractivity contribution is -0.278. The number of nitrogens with two attached hydrogens (primary N) is 1. The SMILES string of the molecule is CC[C@@H](C)CC[C@]1(O)[C@@H](C)C[C@H](OC(N)=O)[C@H]2C(C)(C)CC[C@@H](O)[C@@]21C. The molecule has 2 aliphatic carbocycles. The molecule has 0 heterocycles. The van der Waals surface area contributed by atoms with Crippen molar-refractivity contribution in [3.8, 4) is 0 Å². The van der Waals surface area contributed by atoms with E-state index in [1.807, 2.05) is 13.8 Å². The first-order valence-corrected chi connectivity index (χ1v) is 10.3. The summed E-state index contributed by atoms with van der Waals surface area (Å²) >= 11 is 0. The third-order valence-electron chi connectivity index (χ3n) is 7.93. The second kappa shape index (κ2) is 7.31. The minimum atomic E-state index is -0.990. The number of rotatable bonds is 5. The highest BCUT2D eigenvalue weighted by atomic mass is 16.6. The lowest BCUT2D eigenvalue weighted by atomic mass is 9.42. The van der Waals surface area contributed by atoms with Gasteiger partial charge in [-0.1, -0.05) is 48.0 Å². The minimum Gasteiger partial charge on any atom is -0.446 e. The van der Waals surface area contributed by atoms with Gasteiger partial charge in [-0.15, -0.1) is 0 Å². The van der Waals surface area contributed by atoms with Gasteiger partial charge in [-0.3, -0.25) is 0 Å². The van der Waals surface area contributed by atoms with Crippen LogP contribution in [0.5, 0.6) is 0 Å². The Balaban J connectivity index is 2.49. The molecule has 26 heavy (non-hydrogen) atoms. The molecule has 0 spiro atoms. The van der Waals surface area contributed by atoms with Crippen molar-refractivity contribution >= 4 is 6.09 Å². The topological polar surface area (TPSA) is 92.8 Å². The van der Waals surface area contributed by atoms with Gasteiger partial charge in [0.15, 0.2) is 0 Å². The van der Waals surface area contributed by atoms with Crippen LogP contribution in [0.15, 0.2) is 0 Å². The predicted octanol–water partition coefficient (Wildman–Crippen LogP) is 3.85. The molecule has 2 aliphatic rings. The number of amides is 1. The standard InChI is InChI=1S/C21H39NO4/c1-7-13(2)8-11-21(25)14(3)12-15(26-18(22)24)17-19(4,5)10-9-16(23)20(17,21)6/h13-17,23,25H,7-12H2,1-6H3,(H2,22,24)/t13-,14+,15+,16-,17+,20+,21+/m1/s1. The molecule has 1 amide bonds. The predicted molar refractivity (Wildman–Crippen MR) is 102 cm³/mol. The monoisotopic (exact) mass is 369 g/mol. The van der Waals surface area contributed by atoms with Gasteiger partial charge >= 0.3 is 6.09 Å². The van der Waals surface area contributed by atoms with Crippen molar-refractivity contribution in [3.63, 3.8) is 0 Å². The van der Waals surface area contributed by atoms with Crippen LogP contribution in [0, 0.1) is 28.6 Å². The van der Waals surface area contributed by atoms with Crippen molar-refractivity contribution in [1.29, 1.82) is 0 Å². The van der Waals surface area contributed by atoms with E-state index in [9.17, 15) is 15.0 Å². The Hall–Kier alpha value is -0.810. The second-order valence-electron chi connectivity index (χ2n) is 9.89. The van der Waals surface area contributed by atoms with Crippen LogP contribution in [-0.4, -0.2) is 34.1 Å². The molecule has 0 radical (unpaired) electrons. The number of carbonyl (C=O) groups is 1. The van der Waals surface area contributed by atoms with E-state index in [0.29, 0.717) is 25.2 Å². The maximum Gasteiger partial charge on any atom is 0.404 e. The van der Waals surface area contributed by atoms with Crippen LogP contribution in [0.1, 0.15) is 80.1 Å². The summed E-state index contributed by atoms with van der Waals surface area (Å²) < 4.78 is 5.54. The van der Waals surface area contributed by atoms with Crippen molar-refractivity contribution in [2.24, 2.45) is 34.3 Å². The zero-order valence-corrected chi connectivity index (χ0v) is 17.4. The normalized spacial score (nSPS) is 43.4. The third-order valence-corrected chi connectivity index (χ3v) is 7.93. The van der Waals surface area contributed by atoms with E-state index in [4.69, 9.17) is 10.5 Å². The number of fused-ring (bicyclic) bond motifs is 1. The fraction of sp³-hybridized carbons (Fsp3) is 0.952. The molecule has 0 aliphatic heterocycles. The van der Waals surface area contributed by atoms with Crippen LogP contribution in [-0.2, 0) is 4.74 Å². The summed E-state index contributed by atoms with van der Waals surface area (Å²) in [7, 11) is 0. The Labute approximate surface area is 158 Å². The number of hydrogen-bond donors (Lipinski definition) is 3. The van der Waals surface area contributed by atoms with Crippen LogP contribution in [0.4, 0.5) is 4.79 Å². The molecule has 152 valence electrons. The highest BCUT2D eigenvalue weighted by molar-refractivity contribution is 5.64. The van der Waals surface area contributed by atoms with Gasteiger partial charge in [0.2, 0.25) is 0 Å². The van der Waals surface area contributed by atoms with Crippen molar-refractivity contribution < 1.29 is 19.7 Å². The van der Waals surface area contributed by atoms with Crippen molar-refractivity contribution in [2.75, 3.05) is 0 Å². The Kier molecular flexibility index (Phi) is 6.04. The average Bonchev–Trinajstić information content (AvgIpc) is 2.53. The molecular formula is C21H39NO4. The molecule has 0 aromatic heterocycles. The molecule has 0 saturated heterocycles.